The van der Waals surface area contributed by atoms with Crippen LogP contribution < -0.4 is 5.73 Å². The molecule has 1 saturated heterocycles. The maximum Gasteiger partial charge on any atom is 0.365 e. The van der Waals surface area contributed by atoms with E-state index in [1.54, 1.807) is 12.4 Å². The van der Waals surface area contributed by atoms with Crippen molar-refractivity contribution >= 4 is 34.5 Å². The quantitative estimate of drug-likeness (QED) is 0.296. The lowest BCUT2D eigenvalue weighted by molar-refractivity contribution is -0.130. The fraction of sp³-hybridized carbons (Fsp3) is 0.217. The number of esters is 1. The first-order chi connectivity index (χ1) is 15.6. The van der Waals surface area contributed by atoms with Gasteiger partial charge < -0.3 is 24.8 Å². The smallest absolute Gasteiger partial charge is 0.365 e. The Morgan fingerprint density at radius 2 is 1.91 bits per heavy atom. The summed E-state index contributed by atoms with van der Waals surface area (Å²) < 4.78 is 7.46. The second kappa shape index (κ2) is 8.18. The molecule has 0 atom stereocenters. The van der Waals surface area contributed by atoms with Gasteiger partial charge in [0, 0.05) is 56.5 Å². The van der Waals surface area contributed by atoms with Crippen LogP contribution in [0.1, 0.15) is 5.69 Å². The number of carbonyl (C=O) groups is 1. The number of aliphatic imine (C=N–C) groups is 2. The van der Waals surface area contributed by atoms with E-state index < -0.39 is 5.97 Å². The summed E-state index contributed by atoms with van der Waals surface area (Å²) >= 11 is 0. The van der Waals surface area contributed by atoms with Crippen molar-refractivity contribution in [2.24, 2.45) is 22.8 Å². The van der Waals surface area contributed by atoms with Crippen LogP contribution in [0.4, 0.5) is 5.82 Å². The summed E-state index contributed by atoms with van der Waals surface area (Å²) in [6, 6.07) is 15.5. The second-order valence-electron chi connectivity index (χ2n) is 7.65. The van der Waals surface area contributed by atoms with E-state index in [0.717, 1.165) is 16.6 Å². The lowest BCUT2D eigenvalue weighted by atomic mass is 10.2. The molecule has 0 amide bonds. The third-order valence-corrected chi connectivity index (χ3v) is 5.61. The van der Waals surface area contributed by atoms with Crippen molar-refractivity contribution in [3.8, 4) is 0 Å². The number of aromatic nitrogens is 2. The van der Waals surface area contributed by atoms with Gasteiger partial charge in [0.2, 0.25) is 5.90 Å². The number of fused-ring (bicyclic) bond motifs is 1. The van der Waals surface area contributed by atoms with Crippen molar-refractivity contribution < 1.29 is 9.53 Å². The molecule has 0 saturated carbocycles. The minimum atomic E-state index is -0.441. The molecule has 0 unspecified atom stereocenters. The molecule has 0 spiro atoms. The third-order valence-electron chi connectivity index (χ3n) is 5.61. The number of cyclic esters (lactones) is 1. The van der Waals surface area contributed by atoms with Gasteiger partial charge in [0.15, 0.2) is 17.5 Å². The molecular formula is C23H23N7O2. The molecule has 2 aliphatic rings. The Morgan fingerprint density at radius 3 is 2.66 bits per heavy atom. The second-order valence-corrected chi connectivity index (χ2v) is 7.65. The molecule has 2 N–H and O–H groups in total. The Labute approximate surface area is 185 Å². The average molecular weight is 429 g/mol. The fourth-order valence-corrected chi connectivity index (χ4v) is 3.86. The molecule has 3 aromatic rings. The zero-order valence-corrected chi connectivity index (χ0v) is 17.7. The first kappa shape index (κ1) is 19.8. The Kier molecular flexibility index (Phi) is 5.06. The van der Waals surface area contributed by atoms with Crippen molar-refractivity contribution in [2.75, 3.05) is 26.2 Å². The number of piperazine rings is 1. The third kappa shape index (κ3) is 3.80. The highest BCUT2D eigenvalue weighted by Crippen LogP contribution is 2.23. The van der Waals surface area contributed by atoms with Crippen LogP contribution in [-0.2, 0) is 16.6 Å². The van der Waals surface area contributed by atoms with Gasteiger partial charge in [-0.15, -0.1) is 0 Å². The van der Waals surface area contributed by atoms with Crippen molar-refractivity contribution in [1.82, 2.24) is 19.4 Å². The number of hydrogen-bond acceptors (Lipinski definition) is 6. The van der Waals surface area contributed by atoms with E-state index in [4.69, 9.17) is 10.5 Å². The topological polar surface area (TPSA) is 101 Å². The van der Waals surface area contributed by atoms with Crippen LogP contribution in [0.15, 0.2) is 76.6 Å². The van der Waals surface area contributed by atoms with Gasteiger partial charge in [-0.05, 0) is 24.3 Å². The number of ether oxygens (including phenoxy) is 1. The van der Waals surface area contributed by atoms with Crippen LogP contribution >= 0.6 is 0 Å². The molecule has 0 aliphatic carbocycles. The molecule has 9 heteroatoms. The number of aryl methyl sites for hydroxylation is 1. The van der Waals surface area contributed by atoms with Crippen LogP contribution in [-0.4, -0.2) is 63.4 Å². The lowest BCUT2D eigenvalue weighted by Crippen LogP contribution is -2.49. The minimum Gasteiger partial charge on any atom is -0.400 e. The summed E-state index contributed by atoms with van der Waals surface area (Å²) in [5.74, 6) is 0.903. The maximum atomic E-state index is 12.4. The molecule has 162 valence electrons. The molecule has 5 rings (SSSR count). The largest absolute Gasteiger partial charge is 0.400 e. The number of carbonyl (C=O) groups excluding carboxylic acids is 1. The highest BCUT2D eigenvalue weighted by molar-refractivity contribution is 6.12. The van der Waals surface area contributed by atoms with E-state index in [0.29, 0.717) is 49.6 Å². The van der Waals surface area contributed by atoms with E-state index in [1.807, 2.05) is 65.0 Å². The molecule has 0 radical (unpaired) electrons. The number of para-hydroxylation sites is 1. The molecule has 4 heterocycles. The number of rotatable bonds is 3. The first-order valence-electron chi connectivity index (χ1n) is 10.4. The number of guanidine groups is 1. The van der Waals surface area contributed by atoms with Crippen LogP contribution in [0.3, 0.4) is 0 Å². The average Bonchev–Trinajstić information content (AvgIpc) is 3.34. The summed E-state index contributed by atoms with van der Waals surface area (Å²) in [5.41, 5.74) is 8.27. The molecule has 2 aromatic heterocycles. The zero-order chi connectivity index (χ0) is 22.1. The predicted molar refractivity (Wildman–Crippen MR) is 122 cm³/mol. The van der Waals surface area contributed by atoms with E-state index in [-0.39, 0.29) is 0 Å². The molecule has 0 bridgehead atoms. The van der Waals surface area contributed by atoms with Crippen LogP contribution in [0.5, 0.6) is 0 Å². The van der Waals surface area contributed by atoms with Gasteiger partial charge in [-0.1, -0.05) is 24.3 Å². The van der Waals surface area contributed by atoms with Gasteiger partial charge in [0.05, 0.1) is 0 Å². The Morgan fingerprint density at radius 1 is 1.12 bits per heavy atom. The number of pyridine rings is 1. The summed E-state index contributed by atoms with van der Waals surface area (Å²) in [5, 5.41) is 1.07. The van der Waals surface area contributed by atoms with Gasteiger partial charge in [-0.2, -0.15) is 4.99 Å². The Balaban J connectivity index is 1.28. The standard InChI is InChI=1S/C23H23N7O2/c1-28-18-7-3-2-6-16(18)14-19(28)21-26-17(22(31)32-21)15-29-10-12-30(13-11-29)23(24)27-20-8-4-5-9-25-20/h2-9,14-15H,10-13H2,1H3,(H2,24,25,27)/b17-15+. The van der Waals surface area contributed by atoms with Crippen molar-refractivity contribution in [2.45, 2.75) is 0 Å². The summed E-state index contributed by atoms with van der Waals surface area (Å²) in [6.07, 6.45) is 3.45. The number of nitrogens with two attached hydrogens (primary N) is 1. The Bertz CT molecular complexity index is 1250. The molecule has 1 aromatic carbocycles. The Hall–Kier alpha value is -4.14. The zero-order valence-electron chi connectivity index (χ0n) is 17.7. The number of nitrogens with zero attached hydrogens (tertiary/aromatic N) is 6. The molecule has 9 nitrogen and oxygen atoms in total. The van der Waals surface area contributed by atoms with E-state index in [2.05, 4.69) is 19.9 Å². The SMILES string of the molecule is Cn1c(C2=N/C(=C/N3CCN(/C(N)=N\c4ccccn4)CC3)C(=O)O2)cc2ccccc21. The van der Waals surface area contributed by atoms with Crippen molar-refractivity contribution in [3.05, 3.63) is 72.3 Å². The summed E-state index contributed by atoms with van der Waals surface area (Å²) in [6.45, 7) is 2.74. The highest BCUT2D eigenvalue weighted by Gasteiger charge is 2.28. The highest BCUT2D eigenvalue weighted by atomic mass is 16.6. The summed E-state index contributed by atoms with van der Waals surface area (Å²) in [7, 11) is 1.94. The van der Waals surface area contributed by atoms with Crippen molar-refractivity contribution in [1.29, 1.82) is 0 Å². The van der Waals surface area contributed by atoms with Gasteiger partial charge in [0.1, 0.15) is 5.69 Å². The monoisotopic (exact) mass is 429 g/mol. The van der Waals surface area contributed by atoms with Crippen LogP contribution in [0.2, 0.25) is 0 Å². The van der Waals surface area contributed by atoms with Crippen LogP contribution in [0.25, 0.3) is 10.9 Å². The van der Waals surface area contributed by atoms with Gasteiger partial charge in [-0.3, -0.25) is 0 Å². The molecular weight excluding hydrogens is 406 g/mol. The van der Waals surface area contributed by atoms with Gasteiger partial charge in [-0.25, -0.2) is 14.8 Å². The van der Waals surface area contributed by atoms with E-state index in [9.17, 15) is 4.79 Å². The van der Waals surface area contributed by atoms with Crippen LogP contribution in [0, 0.1) is 0 Å². The van der Waals surface area contributed by atoms with E-state index >= 15 is 0 Å². The van der Waals surface area contributed by atoms with Gasteiger partial charge in [0.25, 0.3) is 0 Å². The first-order valence-corrected chi connectivity index (χ1v) is 10.4. The maximum absolute atomic E-state index is 12.4. The molecule has 32 heavy (non-hydrogen) atoms. The number of benzene rings is 1. The van der Waals surface area contributed by atoms with E-state index in [1.165, 1.54) is 0 Å². The number of hydrogen-bond donors (Lipinski definition) is 1. The van der Waals surface area contributed by atoms with Gasteiger partial charge >= 0.3 is 5.97 Å². The van der Waals surface area contributed by atoms with Crippen molar-refractivity contribution in [3.63, 3.8) is 0 Å². The predicted octanol–water partition coefficient (Wildman–Crippen LogP) is 1.98. The molecule has 1 fully saturated rings. The summed E-state index contributed by atoms with van der Waals surface area (Å²) in [4.78, 5) is 29.5. The fourth-order valence-electron chi connectivity index (χ4n) is 3.86. The normalized spacial score (nSPS) is 18.4. The minimum absolute atomic E-state index is 0.300. The lowest BCUT2D eigenvalue weighted by Gasteiger charge is -2.34. The molecule has 2 aliphatic heterocycles.